The van der Waals surface area contributed by atoms with Crippen LogP contribution < -0.4 is 10.5 Å². The van der Waals surface area contributed by atoms with Crippen LogP contribution in [0, 0.1) is 5.82 Å². The number of rotatable bonds is 3. The Balaban J connectivity index is 2.58. The van der Waals surface area contributed by atoms with Gasteiger partial charge in [-0.15, -0.1) is 0 Å². The molecule has 0 spiro atoms. The first-order valence-corrected chi connectivity index (χ1v) is 5.89. The third-order valence-corrected chi connectivity index (χ3v) is 3.90. The van der Waals surface area contributed by atoms with E-state index in [0.717, 1.165) is 19.3 Å². The summed E-state index contributed by atoms with van der Waals surface area (Å²) in [5.74, 6) is -1.12. The van der Waals surface area contributed by atoms with Gasteiger partial charge in [0.2, 0.25) is 0 Å². The maximum atomic E-state index is 13.6. The van der Waals surface area contributed by atoms with Gasteiger partial charge in [-0.05, 0) is 18.9 Å². The van der Waals surface area contributed by atoms with Crippen molar-refractivity contribution in [3.05, 3.63) is 22.5 Å². The van der Waals surface area contributed by atoms with Gasteiger partial charge in [-0.25, -0.2) is 4.39 Å². The molecule has 0 saturated heterocycles. The highest BCUT2D eigenvalue weighted by Crippen LogP contribution is 2.50. The molecule has 94 valence electrons. The predicted octanol–water partition coefficient (Wildman–Crippen LogP) is 2.57. The second-order valence-electron chi connectivity index (χ2n) is 4.44. The number of ether oxygens (including phenoxy) is 1. The van der Waals surface area contributed by atoms with Crippen molar-refractivity contribution in [1.29, 1.82) is 0 Å². The summed E-state index contributed by atoms with van der Waals surface area (Å²) in [5, 5.41) is 10.00. The van der Waals surface area contributed by atoms with Gasteiger partial charge in [0, 0.05) is 17.5 Å². The molecule has 0 aliphatic heterocycles. The molecule has 1 aliphatic rings. The van der Waals surface area contributed by atoms with Crippen LogP contribution in [0.2, 0.25) is 5.02 Å². The smallest absolute Gasteiger partial charge is 0.198 e. The number of phenols is 1. The number of halogens is 2. The summed E-state index contributed by atoms with van der Waals surface area (Å²) < 4.78 is 18.5. The van der Waals surface area contributed by atoms with Gasteiger partial charge in [0.15, 0.2) is 17.3 Å². The highest BCUT2D eigenvalue weighted by atomic mass is 35.5. The van der Waals surface area contributed by atoms with Gasteiger partial charge in [0.25, 0.3) is 0 Å². The van der Waals surface area contributed by atoms with E-state index in [1.165, 1.54) is 13.2 Å². The van der Waals surface area contributed by atoms with Crippen LogP contribution >= 0.6 is 11.6 Å². The topological polar surface area (TPSA) is 55.5 Å². The van der Waals surface area contributed by atoms with Crippen LogP contribution in [0.3, 0.4) is 0 Å². The lowest BCUT2D eigenvalue weighted by Crippen LogP contribution is -2.41. The molecule has 1 fully saturated rings. The van der Waals surface area contributed by atoms with E-state index < -0.39 is 5.82 Å². The quantitative estimate of drug-likeness (QED) is 0.877. The average molecular weight is 260 g/mol. The van der Waals surface area contributed by atoms with Crippen molar-refractivity contribution in [1.82, 2.24) is 0 Å². The van der Waals surface area contributed by atoms with E-state index in [9.17, 15) is 9.50 Å². The summed E-state index contributed by atoms with van der Waals surface area (Å²) in [6.07, 6.45) is 2.80. The van der Waals surface area contributed by atoms with E-state index >= 15 is 0 Å². The second-order valence-corrected chi connectivity index (χ2v) is 4.85. The normalized spacial score (nSPS) is 17.6. The molecule has 0 amide bonds. The van der Waals surface area contributed by atoms with E-state index in [1.54, 1.807) is 0 Å². The molecule has 1 aromatic rings. The SMILES string of the molecule is COc1c(O)c(C2(CN)CCC2)cc(Cl)c1F. The first-order chi connectivity index (χ1) is 8.05. The molecule has 1 aromatic carbocycles. The van der Waals surface area contributed by atoms with Crippen LogP contribution in [-0.2, 0) is 5.41 Å². The zero-order chi connectivity index (χ0) is 12.6. The third-order valence-electron chi connectivity index (χ3n) is 3.63. The average Bonchev–Trinajstić information content (AvgIpc) is 2.25. The maximum Gasteiger partial charge on any atom is 0.198 e. The second kappa shape index (κ2) is 4.35. The Morgan fingerprint density at radius 3 is 2.65 bits per heavy atom. The fourth-order valence-corrected chi connectivity index (χ4v) is 2.57. The Hall–Kier alpha value is -1.00. The number of hydrogen-bond donors (Lipinski definition) is 2. The predicted molar refractivity (Wildman–Crippen MR) is 64.2 cm³/mol. The van der Waals surface area contributed by atoms with E-state index in [-0.39, 0.29) is 21.9 Å². The van der Waals surface area contributed by atoms with Gasteiger partial charge in [-0.1, -0.05) is 18.0 Å². The Kier molecular flexibility index (Phi) is 3.19. The molecule has 0 aromatic heterocycles. The zero-order valence-electron chi connectivity index (χ0n) is 9.59. The van der Waals surface area contributed by atoms with Crippen molar-refractivity contribution >= 4 is 11.6 Å². The summed E-state index contributed by atoms with van der Waals surface area (Å²) in [6, 6.07) is 1.46. The Bertz CT molecular complexity index is 441. The van der Waals surface area contributed by atoms with Crippen molar-refractivity contribution in [3.8, 4) is 11.5 Å². The van der Waals surface area contributed by atoms with E-state index in [2.05, 4.69) is 0 Å². The fraction of sp³-hybridized carbons (Fsp3) is 0.500. The molecular weight excluding hydrogens is 245 g/mol. The number of methoxy groups -OCH3 is 1. The zero-order valence-corrected chi connectivity index (χ0v) is 10.4. The number of benzene rings is 1. The van der Waals surface area contributed by atoms with Crippen molar-refractivity contribution < 1.29 is 14.2 Å². The molecule has 0 radical (unpaired) electrons. The van der Waals surface area contributed by atoms with Gasteiger partial charge in [-0.3, -0.25) is 0 Å². The summed E-state index contributed by atoms with van der Waals surface area (Å²) in [6.45, 7) is 0.408. The molecule has 0 atom stereocenters. The van der Waals surface area contributed by atoms with Gasteiger partial charge in [-0.2, -0.15) is 0 Å². The Morgan fingerprint density at radius 2 is 2.24 bits per heavy atom. The fourth-order valence-electron chi connectivity index (χ4n) is 2.37. The minimum atomic E-state index is -0.734. The number of nitrogens with two attached hydrogens (primary N) is 1. The molecule has 2 rings (SSSR count). The largest absolute Gasteiger partial charge is 0.504 e. The van der Waals surface area contributed by atoms with Gasteiger partial charge in [0.1, 0.15) is 0 Å². The summed E-state index contributed by atoms with van der Waals surface area (Å²) in [7, 11) is 1.30. The molecule has 0 heterocycles. The molecule has 1 saturated carbocycles. The Morgan fingerprint density at radius 1 is 1.59 bits per heavy atom. The maximum absolute atomic E-state index is 13.6. The minimum Gasteiger partial charge on any atom is -0.504 e. The molecule has 3 N–H and O–H groups in total. The molecule has 3 nitrogen and oxygen atoms in total. The van der Waals surface area contributed by atoms with Crippen LogP contribution in [0.25, 0.3) is 0 Å². The highest BCUT2D eigenvalue weighted by molar-refractivity contribution is 6.31. The number of aromatic hydroxyl groups is 1. The molecule has 5 heteroatoms. The van der Waals surface area contributed by atoms with E-state index in [1.807, 2.05) is 0 Å². The highest BCUT2D eigenvalue weighted by Gasteiger charge is 2.41. The van der Waals surface area contributed by atoms with Crippen molar-refractivity contribution in [2.75, 3.05) is 13.7 Å². The number of phenolic OH excluding ortho intramolecular Hbond substituents is 1. The molecule has 1 aliphatic carbocycles. The lowest BCUT2D eigenvalue weighted by molar-refractivity contribution is 0.241. The van der Waals surface area contributed by atoms with Crippen LogP contribution in [0.5, 0.6) is 11.5 Å². The number of hydrogen-bond acceptors (Lipinski definition) is 3. The summed E-state index contributed by atoms with van der Waals surface area (Å²) in [5.41, 5.74) is 6.07. The van der Waals surface area contributed by atoms with Crippen LogP contribution in [-0.4, -0.2) is 18.8 Å². The lowest BCUT2D eigenvalue weighted by Gasteiger charge is -2.42. The first kappa shape index (κ1) is 12.5. The molecule has 0 unspecified atom stereocenters. The van der Waals surface area contributed by atoms with E-state index in [0.29, 0.717) is 12.1 Å². The summed E-state index contributed by atoms with van der Waals surface area (Å²) >= 11 is 5.81. The van der Waals surface area contributed by atoms with E-state index in [4.69, 9.17) is 22.1 Å². The van der Waals surface area contributed by atoms with Crippen LogP contribution in [0.1, 0.15) is 24.8 Å². The first-order valence-electron chi connectivity index (χ1n) is 5.51. The third kappa shape index (κ3) is 1.76. The standard InChI is InChI=1S/C12H15ClFNO2/c1-17-11-9(14)8(13)5-7(10(11)16)12(6-15)3-2-4-12/h5,16H,2-4,6,15H2,1H3. The van der Waals surface area contributed by atoms with Crippen molar-refractivity contribution in [2.45, 2.75) is 24.7 Å². The van der Waals surface area contributed by atoms with Crippen molar-refractivity contribution in [3.63, 3.8) is 0 Å². The Labute approximate surface area is 104 Å². The van der Waals surface area contributed by atoms with Gasteiger partial charge in [0.05, 0.1) is 12.1 Å². The monoisotopic (exact) mass is 259 g/mol. The lowest BCUT2D eigenvalue weighted by atomic mass is 9.64. The minimum absolute atomic E-state index is 0.0469. The van der Waals surface area contributed by atoms with Crippen LogP contribution in [0.15, 0.2) is 6.07 Å². The molecule has 0 bridgehead atoms. The molecule has 17 heavy (non-hydrogen) atoms. The molecular formula is C12H15ClFNO2. The summed E-state index contributed by atoms with van der Waals surface area (Å²) in [4.78, 5) is 0. The van der Waals surface area contributed by atoms with Crippen molar-refractivity contribution in [2.24, 2.45) is 5.73 Å². The van der Waals surface area contributed by atoms with Gasteiger partial charge < -0.3 is 15.6 Å². The van der Waals surface area contributed by atoms with Crippen LogP contribution in [0.4, 0.5) is 4.39 Å². The van der Waals surface area contributed by atoms with Gasteiger partial charge >= 0.3 is 0 Å².